The van der Waals surface area contributed by atoms with Crippen molar-refractivity contribution in [3.05, 3.63) is 35.4 Å². The van der Waals surface area contributed by atoms with Gasteiger partial charge >= 0.3 is 0 Å². The first-order valence-electron chi connectivity index (χ1n) is 4.58. The number of hydrogen-bond donors (Lipinski definition) is 1. The van der Waals surface area contributed by atoms with Crippen molar-refractivity contribution in [1.82, 2.24) is 5.32 Å². The van der Waals surface area contributed by atoms with Gasteiger partial charge in [0.25, 0.3) is 5.91 Å². The van der Waals surface area contributed by atoms with Crippen LogP contribution in [-0.2, 0) is 11.2 Å². The predicted molar refractivity (Wildman–Crippen MR) is 54.2 cm³/mol. The Bertz CT molecular complexity index is 334. The number of rotatable bonds is 4. The van der Waals surface area contributed by atoms with Crippen LogP contribution in [0.4, 0.5) is 0 Å². The van der Waals surface area contributed by atoms with Crippen molar-refractivity contribution in [2.75, 3.05) is 6.54 Å². The van der Waals surface area contributed by atoms with E-state index >= 15 is 0 Å². The first kappa shape index (κ1) is 10.4. The summed E-state index contributed by atoms with van der Waals surface area (Å²) in [6, 6.07) is 7.08. The Morgan fingerprint density at radius 1 is 1.50 bits per heavy atom. The van der Waals surface area contributed by atoms with E-state index < -0.39 is 0 Å². The van der Waals surface area contributed by atoms with Crippen LogP contribution in [0.1, 0.15) is 22.8 Å². The average molecular weight is 191 g/mol. The minimum atomic E-state index is -0.0970. The van der Waals surface area contributed by atoms with Gasteiger partial charge in [-0.15, -0.1) is 0 Å². The third-order valence-electron chi connectivity index (χ3n) is 1.85. The minimum absolute atomic E-state index is 0.0970. The molecule has 1 rings (SSSR count). The molecule has 0 unspecified atom stereocenters. The van der Waals surface area contributed by atoms with Crippen LogP contribution in [0.3, 0.4) is 0 Å². The average Bonchev–Trinajstić information content (AvgIpc) is 2.19. The molecule has 0 bridgehead atoms. The van der Waals surface area contributed by atoms with Crippen LogP contribution >= 0.6 is 0 Å². The van der Waals surface area contributed by atoms with E-state index in [0.717, 1.165) is 11.8 Å². The molecule has 0 aromatic heterocycles. The van der Waals surface area contributed by atoms with Gasteiger partial charge in [0, 0.05) is 18.5 Å². The van der Waals surface area contributed by atoms with Crippen molar-refractivity contribution in [2.45, 2.75) is 13.3 Å². The molecule has 0 aliphatic rings. The Kier molecular flexibility index (Phi) is 3.85. The van der Waals surface area contributed by atoms with Crippen LogP contribution in [0.2, 0.25) is 0 Å². The second-order valence-corrected chi connectivity index (χ2v) is 2.93. The minimum Gasteiger partial charge on any atom is -0.352 e. The number of carbonyl (C=O) groups excluding carboxylic acids is 2. The first-order valence-corrected chi connectivity index (χ1v) is 4.58. The van der Waals surface area contributed by atoms with Crippen LogP contribution in [-0.4, -0.2) is 18.7 Å². The standard InChI is InChI=1S/C11H13NO2/c1-2-12-11(14)10-5-3-4-9(8-10)6-7-13/h3-5,7-8H,2,6H2,1H3,(H,12,14). The summed E-state index contributed by atoms with van der Waals surface area (Å²) in [6.07, 6.45) is 1.18. The molecule has 1 aromatic rings. The van der Waals surface area contributed by atoms with Gasteiger partial charge in [-0.05, 0) is 24.6 Å². The van der Waals surface area contributed by atoms with E-state index in [-0.39, 0.29) is 5.91 Å². The van der Waals surface area contributed by atoms with E-state index in [2.05, 4.69) is 5.32 Å². The molecule has 14 heavy (non-hydrogen) atoms. The SMILES string of the molecule is CCNC(=O)c1cccc(CC=O)c1. The lowest BCUT2D eigenvalue weighted by molar-refractivity contribution is -0.107. The summed E-state index contributed by atoms with van der Waals surface area (Å²) in [5, 5.41) is 2.70. The van der Waals surface area contributed by atoms with E-state index in [1.54, 1.807) is 18.2 Å². The first-order chi connectivity index (χ1) is 6.77. The van der Waals surface area contributed by atoms with Gasteiger partial charge in [0.15, 0.2) is 0 Å². The molecular weight excluding hydrogens is 178 g/mol. The van der Waals surface area contributed by atoms with Crippen molar-refractivity contribution in [1.29, 1.82) is 0 Å². The number of carbonyl (C=O) groups is 2. The molecule has 0 atom stereocenters. The number of aldehydes is 1. The fourth-order valence-electron chi connectivity index (χ4n) is 1.20. The maximum Gasteiger partial charge on any atom is 0.251 e. The quantitative estimate of drug-likeness (QED) is 0.726. The second kappa shape index (κ2) is 5.17. The van der Waals surface area contributed by atoms with Gasteiger partial charge in [-0.25, -0.2) is 0 Å². The molecule has 0 aliphatic carbocycles. The molecule has 3 heteroatoms. The van der Waals surface area contributed by atoms with Gasteiger partial charge < -0.3 is 10.1 Å². The van der Waals surface area contributed by atoms with Gasteiger partial charge in [-0.1, -0.05) is 12.1 Å². The topological polar surface area (TPSA) is 46.2 Å². The number of hydrogen-bond acceptors (Lipinski definition) is 2. The van der Waals surface area contributed by atoms with Crippen LogP contribution < -0.4 is 5.32 Å². The number of benzene rings is 1. The monoisotopic (exact) mass is 191 g/mol. The molecule has 0 radical (unpaired) electrons. The zero-order valence-corrected chi connectivity index (χ0v) is 8.12. The second-order valence-electron chi connectivity index (χ2n) is 2.93. The molecule has 0 saturated carbocycles. The molecule has 1 aromatic carbocycles. The largest absolute Gasteiger partial charge is 0.352 e. The third-order valence-corrected chi connectivity index (χ3v) is 1.85. The smallest absolute Gasteiger partial charge is 0.251 e. The molecule has 1 N–H and O–H groups in total. The molecule has 0 spiro atoms. The lowest BCUT2D eigenvalue weighted by Gasteiger charge is -2.03. The van der Waals surface area contributed by atoms with Crippen molar-refractivity contribution < 1.29 is 9.59 Å². The highest BCUT2D eigenvalue weighted by atomic mass is 16.1. The van der Waals surface area contributed by atoms with Gasteiger partial charge in [0.05, 0.1) is 0 Å². The van der Waals surface area contributed by atoms with E-state index in [1.165, 1.54) is 0 Å². The number of amides is 1. The Hall–Kier alpha value is -1.64. The molecule has 0 fully saturated rings. The molecule has 1 amide bonds. The molecule has 3 nitrogen and oxygen atoms in total. The van der Waals surface area contributed by atoms with Crippen LogP contribution in [0, 0.1) is 0 Å². The molecule has 0 aliphatic heterocycles. The summed E-state index contributed by atoms with van der Waals surface area (Å²) >= 11 is 0. The maximum absolute atomic E-state index is 11.4. The van der Waals surface area contributed by atoms with Gasteiger partial charge in [-0.3, -0.25) is 4.79 Å². The highest BCUT2D eigenvalue weighted by Gasteiger charge is 2.03. The Morgan fingerprint density at radius 3 is 2.93 bits per heavy atom. The van der Waals surface area contributed by atoms with Crippen LogP contribution in [0.5, 0.6) is 0 Å². The molecule has 0 saturated heterocycles. The normalized spacial score (nSPS) is 9.50. The van der Waals surface area contributed by atoms with Gasteiger partial charge in [0.1, 0.15) is 6.29 Å². The molecular formula is C11H13NO2. The number of nitrogens with one attached hydrogen (secondary N) is 1. The predicted octanol–water partition coefficient (Wildman–Crippen LogP) is 1.18. The lowest BCUT2D eigenvalue weighted by Crippen LogP contribution is -2.22. The van der Waals surface area contributed by atoms with Crippen molar-refractivity contribution in [2.24, 2.45) is 0 Å². The highest BCUT2D eigenvalue weighted by molar-refractivity contribution is 5.94. The summed E-state index contributed by atoms with van der Waals surface area (Å²) in [7, 11) is 0. The fraction of sp³-hybridized carbons (Fsp3) is 0.273. The summed E-state index contributed by atoms with van der Waals surface area (Å²) in [6.45, 7) is 2.48. The highest BCUT2D eigenvalue weighted by Crippen LogP contribution is 2.05. The Morgan fingerprint density at radius 2 is 2.29 bits per heavy atom. The maximum atomic E-state index is 11.4. The molecule has 0 heterocycles. The lowest BCUT2D eigenvalue weighted by atomic mass is 10.1. The zero-order valence-electron chi connectivity index (χ0n) is 8.12. The van der Waals surface area contributed by atoms with Gasteiger partial charge in [0.2, 0.25) is 0 Å². The van der Waals surface area contributed by atoms with Crippen molar-refractivity contribution >= 4 is 12.2 Å². The van der Waals surface area contributed by atoms with Crippen molar-refractivity contribution in [3.8, 4) is 0 Å². The Balaban J connectivity index is 2.82. The van der Waals surface area contributed by atoms with Crippen LogP contribution in [0.15, 0.2) is 24.3 Å². The Labute approximate surface area is 83.1 Å². The summed E-state index contributed by atoms with van der Waals surface area (Å²) in [5.41, 5.74) is 1.47. The fourth-order valence-corrected chi connectivity index (χ4v) is 1.20. The summed E-state index contributed by atoms with van der Waals surface area (Å²) in [4.78, 5) is 21.7. The van der Waals surface area contributed by atoms with E-state index in [9.17, 15) is 9.59 Å². The van der Waals surface area contributed by atoms with Gasteiger partial charge in [-0.2, -0.15) is 0 Å². The van der Waals surface area contributed by atoms with E-state index in [1.807, 2.05) is 13.0 Å². The summed E-state index contributed by atoms with van der Waals surface area (Å²) in [5.74, 6) is -0.0970. The molecule has 74 valence electrons. The van der Waals surface area contributed by atoms with E-state index in [4.69, 9.17) is 0 Å². The van der Waals surface area contributed by atoms with Crippen molar-refractivity contribution in [3.63, 3.8) is 0 Å². The van der Waals surface area contributed by atoms with E-state index in [0.29, 0.717) is 18.5 Å². The zero-order chi connectivity index (χ0) is 10.4. The summed E-state index contributed by atoms with van der Waals surface area (Å²) < 4.78 is 0. The van der Waals surface area contributed by atoms with Crippen LogP contribution in [0.25, 0.3) is 0 Å². The third kappa shape index (κ3) is 2.69.